The standard InChI is InChI=1S/C23H20N6O2/c1-31-13-7-12-28-15-24-21-19(23(28)30)20-22(27-18-11-6-5-10-17(18)26-20)29(21)25-14-16-8-3-2-4-9-16/h2-6,8-11,14-15H,7,12-13H2,1H3. The smallest absolute Gasteiger partial charge is 0.265 e. The molecule has 31 heavy (non-hydrogen) atoms. The number of aromatic nitrogens is 5. The Morgan fingerprint density at radius 2 is 1.74 bits per heavy atom. The topological polar surface area (TPSA) is 87.2 Å². The Kier molecular flexibility index (Phi) is 4.97. The van der Waals surface area contributed by atoms with E-state index in [0.717, 1.165) is 16.6 Å². The van der Waals surface area contributed by atoms with Crippen molar-refractivity contribution in [1.29, 1.82) is 0 Å². The minimum Gasteiger partial charge on any atom is -0.385 e. The summed E-state index contributed by atoms with van der Waals surface area (Å²) in [6, 6.07) is 17.3. The van der Waals surface area contributed by atoms with E-state index in [0.29, 0.717) is 41.8 Å². The summed E-state index contributed by atoms with van der Waals surface area (Å²) in [7, 11) is 1.64. The zero-order valence-electron chi connectivity index (χ0n) is 17.0. The van der Waals surface area contributed by atoms with Gasteiger partial charge >= 0.3 is 0 Å². The van der Waals surface area contributed by atoms with Crippen molar-refractivity contribution in [2.75, 3.05) is 13.7 Å². The molecule has 5 rings (SSSR count). The summed E-state index contributed by atoms with van der Waals surface area (Å²) in [6.45, 7) is 1.08. The predicted octanol–water partition coefficient (Wildman–Crippen LogP) is 3.21. The van der Waals surface area contributed by atoms with E-state index in [2.05, 4.69) is 10.1 Å². The first-order valence-electron chi connectivity index (χ1n) is 10.0. The molecule has 0 atom stereocenters. The summed E-state index contributed by atoms with van der Waals surface area (Å²) < 4.78 is 8.29. The minimum absolute atomic E-state index is 0.163. The second kappa shape index (κ2) is 8.08. The van der Waals surface area contributed by atoms with Crippen LogP contribution in [0.1, 0.15) is 12.0 Å². The van der Waals surface area contributed by atoms with Gasteiger partial charge in [0.1, 0.15) is 10.9 Å². The summed E-state index contributed by atoms with van der Waals surface area (Å²) >= 11 is 0. The van der Waals surface area contributed by atoms with Crippen LogP contribution < -0.4 is 5.56 Å². The number of benzene rings is 2. The number of hydrogen-bond acceptors (Lipinski definition) is 6. The normalized spacial score (nSPS) is 11.9. The summed E-state index contributed by atoms with van der Waals surface area (Å²) in [5.74, 6) is 0. The monoisotopic (exact) mass is 412 g/mol. The van der Waals surface area contributed by atoms with Crippen molar-refractivity contribution < 1.29 is 4.74 Å². The molecule has 0 fully saturated rings. The van der Waals surface area contributed by atoms with Gasteiger partial charge in [-0.15, -0.1) is 0 Å². The van der Waals surface area contributed by atoms with Crippen LogP contribution in [0.25, 0.3) is 33.2 Å². The van der Waals surface area contributed by atoms with Crippen molar-refractivity contribution in [2.24, 2.45) is 5.10 Å². The molecular formula is C23H20N6O2. The SMILES string of the molecule is COCCCn1cnc2c(c1=O)c1nc3ccccc3nc1n2N=Cc1ccccc1. The highest BCUT2D eigenvalue weighted by molar-refractivity contribution is 6.04. The molecule has 2 aromatic carbocycles. The van der Waals surface area contributed by atoms with Gasteiger partial charge in [-0.25, -0.2) is 15.0 Å². The van der Waals surface area contributed by atoms with E-state index in [-0.39, 0.29) is 5.56 Å². The molecule has 0 saturated heterocycles. The van der Waals surface area contributed by atoms with Crippen LogP contribution >= 0.6 is 0 Å². The molecule has 3 heterocycles. The van der Waals surface area contributed by atoms with Crippen molar-refractivity contribution in [1.82, 2.24) is 24.2 Å². The number of methoxy groups -OCH3 is 1. The number of fused-ring (bicyclic) bond motifs is 4. The highest BCUT2D eigenvalue weighted by atomic mass is 16.5. The van der Waals surface area contributed by atoms with Crippen molar-refractivity contribution in [3.8, 4) is 0 Å². The highest BCUT2D eigenvalue weighted by Gasteiger charge is 2.19. The van der Waals surface area contributed by atoms with Gasteiger partial charge in [-0.3, -0.25) is 9.36 Å². The zero-order valence-corrected chi connectivity index (χ0v) is 17.0. The van der Waals surface area contributed by atoms with E-state index in [1.165, 1.54) is 0 Å². The Bertz CT molecular complexity index is 1470. The molecular weight excluding hydrogens is 392 g/mol. The first-order valence-corrected chi connectivity index (χ1v) is 10.0. The minimum atomic E-state index is -0.163. The number of hydrogen-bond donors (Lipinski definition) is 0. The Morgan fingerprint density at radius 1 is 1.00 bits per heavy atom. The summed E-state index contributed by atoms with van der Waals surface area (Å²) in [6.07, 6.45) is 3.98. The van der Waals surface area contributed by atoms with Gasteiger partial charge in [-0.05, 0) is 24.1 Å². The average Bonchev–Trinajstić information content (AvgIpc) is 3.11. The molecule has 0 unspecified atom stereocenters. The largest absolute Gasteiger partial charge is 0.385 e. The summed E-state index contributed by atoms with van der Waals surface area (Å²) in [5, 5.41) is 5.02. The lowest BCUT2D eigenvalue weighted by atomic mass is 10.2. The molecule has 8 heteroatoms. The maximum Gasteiger partial charge on any atom is 0.265 e. The van der Waals surface area contributed by atoms with Crippen LogP contribution in [0.5, 0.6) is 0 Å². The average molecular weight is 412 g/mol. The van der Waals surface area contributed by atoms with E-state index < -0.39 is 0 Å². The van der Waals surface area contributed by atoms with Crippen molar-refractivity contribution in [3.05, 3.63) is 76.8 Å². The second-order valence-corrected chi connectivity index (χ2v) is 7.14. The molecule has 0 aliphatic heterocycles. The highest BCUT2D eigenvalue weighted by Crippen LogP contribution is 2.24. The van der Waals surface area contributed by atoms with E-state index in [1.54, 1.807) is 28.9 Å². The fourth-order valence-electron chi connectivity index (χ4n) is 3.57. The first kappa shape index (κ1) is 19.1. The van der Waals surface area contributed by atoms with Crippen LogP contribution in [0.2, 0.25) is 0 Å². The summed E-state index contributed by atoms with van der Waals surface area (Å²) in [5.41, 5.74) is 3.65. The molecule has 154 valence electrons. The predicted molar refractivity (Wildman–Crippen MR) is 121 cm³/mol. The maximum absolute atomic E-state index is 13.3. The first-order chi connectivity index (χ1) is 15.3. The molecule has 3 aromatic heterocycles. The van der Waals surface area contributed by atoms with Gasteiger partial charge in [-0.1, -0.05) is 42.5 Å². The molecule has 0 aliphatic rings. The molecule has 5 aromatic rings. The van der Waals surface area contributed by atoms with Crippen molar-refractivity contribution >= 4 is 39.4 Å². The molecule has 0 saturated carbocycles. The Labute approximate surface area is 177 Å². The lowest BCUT2D eigenvalue weighted by Crippen LogP contribution is -2.21. The third-order valence-electron chi connectivity index (χ3n) is 5.08. The van der Waals surface area contributed by atoms with Gasteiger partial charge in [0.2, 0.25) is 0 Å². The van der Waals surface area contributed by atoms with Gasteiger partial charge in [0, 0.05) is 20.3 Å². The van der Waals surface area contributed by atoms with E-state index in [9.17, 15) is 4.79 Å². The molecule has 0 radical (unpaired) electrons. The lowest BCUT2D eigenvalue weighted by Gasteiger charge is -2.04. The number of aryl methyl sites for hydroxylation is 1. The quantitative estimate of drug-likeness (QED) is 0.316. The van der Waals surface area contributed by atoms with Crippen LogP contribution in [-0.4, -0.2) is 44.1 Å². The van der Waals surface area contributed by atoms with Crippen LogP contribution in [0, 0.1) is 0 Å². The van der Waals surface area contributed by atoms with Crippen LogP contribution in [0.15, 0.2) is 70.8 Å². The van der Waals surface area contributed by atoms with Crippen LogP contribution in [0.3, 0.4) is 0 Å². The van der Waals surface area contributed by atoms with E-state index in [4.69, 9.17) is 14.7 Å². The van der Waals surface area contributed by atoms with E-state index in [1.807, 2.05) is 54.6 Å². The molecule has 0 spiro atoms. The fraction of sp³-hybridized carbons (Fsp3) is 0.174. The van der Waals surface area contributed by atoms with Gasteiger partial charge in [0.15, 0.2) is 11.3 Å². The third-order valence-corrected chi connectivity index (χ3v) is 5.08. The van der Waals surface area contributed by atoms with Crippen LogP contribution in [0.4, 0.5) is 0 Å². The number of rotatable bonds is 6. The molecule has 0 aliphatic carbocycles. The number of ether oxygens (including phenoxy) is 1. The van der Waals surface area contributed by atoms with Crippen LogP contribution in [-0.2, 0) is 11.3 Å². The van der Waals surface area contributed by atoms with E-state index >= 15 is 0 Å². The fourth-order valence-corrected chi connectivity index (χ4v) is 3.57. The molecule has 0 amide bonds. The van der Waals surface area contributed by atoms with Gasteiger partial charge in [0.05, 0.1) is 23.6 Å². The van der Waals surface area contributed by atoms with Gasteiger partial charge < -0.3 is 4.74 Å². The number of para-hydroxylation sites is 2. The Balaban J connectivity index is 1.77. The molecule has 0 N–H and O–H groups in total. The second-order valence-electron chi connectivity index (χ2n) is 7.14. The van der Waals surface area contributed by atoms with Crippen molar-refractivity contribution in [2.45, 2.75) is 13.0 Å². The molecule has 8 nitrogen and oxygen atoms in total. The van der Waals surface area contributed by atoms with Crippen molar-refractivity contribution in [3.63, 3.8) is 0 Å². The molecule has 0 bridgehead atoms. The Hall–Kier alpha value is -3.91. The maximum atomic E-state index is 13.3. The zero-order chi connectivity index (χ0) is 21.2. The lowest BCUT2D eigenvalue weighted by molar-refractivity contribution is 0.190. The van der Waals surface area contributed by atoms with Gasteiger partial charge in [0.25, 0.3) is 5.56 Å². The Morgan fingerprint density at radius 3 is 2.52 bits per heavy atom. The third kappa shape index (κ3) is 3.47. The summed E-state index contributed by atoms with van der Waals surface area (Å²) in [4.78, 5) is 27.4. The number of nitrogens with zero attached hydrogens (tertiary/aromatic N) is 6. The van der Waals surface area contributed by atoms with Gasteiger partial charge in [-0.2, -0.15) is 9.78 Å².